The molecule has 1 aliphatic heterocycles. The van der Waals surface area contributed by atoms with Gasteiger partial charge >= 0.3 is 6.03 Å². The summed E-state index contributed by atoms with van der Waals surface area (Å²) in [6.07, 6.45) is 2.20. The number of carbonyl (C=O) groups excluding carboxylic acids is 1. The molecular weight excluding hydrogens is 342 g/mol. The number of imidazole rings is 1. The highest BCUT2D eigenvalue weighted by molar-refractivity contribution is 5.76. The first-order valence-corrected chi connectivity index (χ1v) is 9.70. The molecule has 0 spiro atoms. The molecule has 0 unspecified atom stereocenters. The molecule has 2 N–H and O–H groups in total. The number of aryl methyl sites for hydroxylation is 1. The maximum absolute atomic E-state index is 12.4. The number of rotatable bonds is 8. The summed E-state index contributed by atoms with van der Waals surface area (Å²) in [6, 6.07) is 6.07. The Morgan fingerprint density at radius 3 is 3.15 bits per heavy atom. The van der Waals surface area contributed by atoms with E-state index in [1.165, 1.54) is 5.56 Å². The molecule has 1 fully saturated rings. The fraction of sp³-hybridized carbons (Fsp3) is 0.600. The number of hydrogen-bond donors (Lipinski definition) is 2. The van der Waals surface area contributed by atoms with E-state index in [1.54, 1.807) is 19.1 Å². The van der Waals surface area contributed by atoms with Gasteiger partial charge in [0.2, 0.25) is 0 Å². The van der Waals surface area contributed by atoms with Gasteiger partial charge in [0.1, 0.15) is 5.82 Å². The molecule has 1 saturated heterocycles. The monoisotopic (exact) mass is 373 g/mol. The Balaban J connectivity index is 1.42. The summed E-state index contributed by atoms with van der Waals surface area (Å²) in [7, 11) is 3.55. The summed E-state index contributed by atoms with van der Waals surface area (Å²) in [6.45, 7) is 7.29. The van der Waals surface area contributed by atoms with Gasteiger partial charge in [-0.25, -0.2) is 9.78 Å². The van der Waals surface area contributed by atoms with Gasteiger partial charge in [0.25, 0.3) is 0 Å². The van der Waals surface area contributed by atoms with Crippen molar-refractivity contribution in [3.05, 3.63) is 29.6 Å². The van der Waals surface area contributed by atoms with Crippen LogP contribution in [-0.4, -0.2) is 72.7 Å². The number of nitrogens with one attached hydrogen (secondary N) is 2. The first-order valence-electron chi connectivity index (χ1n) is 9.70. The van der Waals surface area contributed by atoms with Crippen molar-refractivity contribution in [3.63, 3.8) is 0 Å². The number of hydrogen-bond acceptors (Lipinski definition) is 4. The van der Waals surface area contributed by atoms with Crippen molar-refractivity contribution in [1.29, 1.82) is 0 Å². The van der Waals surface area contributed by atoms with E-state index in [-0.39, 0.29) is 6.03 Å². The minimum atomic E-state index is -0.0514. The standard InChI is InChI=1S/C20H31N5O2/c1-15-5-6-17-18(11-15)23-19(22-17)14-24(2)20(26)21-12-16-7-9-25(13-16)8-4-10-27-3/h5-6,11,16H,4,7-10,12-14H2,1-3H3,(H,21,26)(H,22,23)/t16-/m1/s1. The third kappa shape index (κ3) is 5.43. The smallest absolute Gasteiger partial charge is 0.317 e. The van der Waals surface area contributed by atoms with Gasteiger partial charge in [-0.3, -0.25) is 0 Å². The van der Waals surface area contributed by atoms with Gasteiger partial charge in [-0.15, -0.1) is 0 Å². The van der Waals surface area contributed by atoms with Crippen LogP contribution >= 0.6 is 0 Å². The second kappa shape index (κ2) is 9.19. The summed E-state index contributed by atoms with van der Waals surface area (Å²) in [5.74, 6) is 1.33. The number of likely N-dealkylation sites (tertiary alicyclic amines) is 1. The topological polar surface area (TPSA) is 73.5 Å². The number of H-pyrrole nitrogens is 1. The number of benzene rings is 1. The van der Waals surface area contributed by atoms with Crippen molar-refractivity contribution < 1.29 is 9.53 Å². The van der Waals surface area contributed by atoms with Gasteiger partial charge in [0.15, 0.2) is 0 Å². The number of methoxy groups -OCH3 is 1. The molecule has 0 bridgehead atoms. The van der Waals surface area contributed by atoms with Gasteiger partial charge in [0, 0.05) is 40.4 Å². The maximum atomic E-state index is 12.4. The van der Waals surface area contributed by atoms with Crippen molar-refractivity contribution in [2.45, 2.75) is 26.3 Å². The Hall–Kier alpha value is -2.12. The fourth-order valence-electron chi connectivity index (χ4n) is 3.63. The average Bonchev–Trinajstić information content (AvgIpc) is 3.25. The molecule has 1 aromatic carbocycles. The second-order valence-electron chi connectivity index (χ2n) is 7.55. The third-order valence-electron chi connectivity index (χ3n) is 5.15. The zero-order chi connectivity index (χ0) is 19.2. The Kier molecular flexibility index (Phi) is 6.68. The Bertz CT molecular complexity index is 760. The molecule has 0 radical (unpaired) electrons. The van der Waals surface area contributed by atoms with Crippen molar-refractivity contribution >= 4 is 17.1 Å². The number of aromatic amines is 1. The zero-order valence-electron chi connectivity index (χ0n) is 16.6. The number of fused-ring (bicyclic) bond motifs is 1. The van der Waals surface area contributed by atoms with Gasteiger partial charge in [-0.2, -0.15) is 0 Å². The van der Waals surface area contributed by atoms with Crippen LogP contribution in [0.15, 0.2) is 18.2 Å². The molecule has 0 aliphatic carbocycles. The molecule has 3 rings (SSSR count). The predicted molar refractivity (Wildman–Crippen MR) is 107 cm³/mol. The minimum absolute atomic E-state index is 0.0514. The Morgan fingerprint density at radius 2 is 2.33 bits per heavy atom. The van der Waals surface area contributed by atoms with Crippen molar-refractivity contribution in [3.8, 4) is 0 Å². The number of carbonyl (C=O) groups is 1. The number of urea groups is 1. The molecule has 2 amide bonds. The molecule has 148 valence electrons. The molecule has 1 aliphatic rings. The first-order chi connectivity index (χ1) is 13.0. The van der Waals surface area contributed by atoms with E-state index >= 15 is 0 Å². The van der Waals surface area contributed by atoms with Crippen LogP contribution in [-0.2, 0) is 11.3 Å². The van der Waals surface area contributed by atoms with Crippen LogP contribution in [0.25, 0.3) is 11.0 Å². The summed E-state index contributed by atoms with van der Waals surface area (Å²) >= 11 is 0. The predicted octanol–water partition coefficient (Wildman–Crippen LogP) is 2.37. The van der Waals surface area contributed by atoms with Crippen LogP contribution in [0, 0.1) is 12.8 Å². The van der Waals surface area contributed by atoms with Crippen LogP contribution in [0.1, 0.15) is 24.2 Å². The lowest BCUT2D eigenvalue weighted by molar-refractivity contribution is 0.178. The lowest BCUT2D eigenvalue weighted by Crippen LogP contribution is -2.40. The molecular formula is C20H31N5O2. The van der Waals surface area contributed by atoms with Crippen LogP contribution < -0.4 is 5.32 Å². The van der Waals surface area contributed by atoms with E-state index in [0.717, 1.165) is 62.5 Å². The molecule has 7 heteroatoms. The molecule has 27 heavy (non-hydrogen) atoms. The van der Waals surface area contributed by atoms with E-state index < -0.39 is 0 Å². The van der Waals surface area contributed by atoms with E-state index in [9.17, 15) is 4.79 Å². The molecule has 0 saturated carbocycles. The lowest BCUT2D eigenvalue weighted by atomic mass is 10.1. The molecule has 1 aromatic heterocycles. The first kappa shape index (κ1) is 19.6. The molecule has 7 nitrogen and oxygen atoms in total. The van der Waals surface area contributed by atoms with Gasteiger partial charge in [-0.1, -0.05) is 6.07 Å². The SMILES string of the molecule is COCCCN1CC[C@H](CNC(=O)N(C)Cc2nc3ccc(C)cc3[nH]2)C1. The zero-order valence-corrected chi connectivity index (χ0v) is 16.6. The van der Waals surface area contributed by atoms with Crippen LogP contribution in [0.2, 0.25) is 0 Å². The molecule has 2 aromatic rings. The number of nitrogens with zero attached hydrogens (tertiary/aromatic N) is 3. The highest BCUT2D eigenvalue weighted by atomic mass is 16.5. The average molecular weight is 374 g/mol. The number of aromatic nitrogens is 2. The molecule has 1 atom stereocenters. The van der Waals surface area contributed by atoms with E-state index in [1.807, 2.05) is 12.1 Å². The minimum Gasteiger partial charge on any atom is -0.385 e. The number of amides is 2. The normalized spacial score (nSPS) is 17.5. The lowest BCUT2D eigenvalue weighted by Gasteiger charge is -2.19. The second-order valence-corrected chi connectivity index (χ2v) is 7.55. The van der Waals surface area contributed by atoms with Crippen LogP contribution in [0.4, 0.5) is 4.79 Å². The van der Waals surface area contributed by atoms with E-state index in [2.05, 4.69) is 33.2 Å². The van der Waals surface area contributed by atoms with Gasteiger partial charge < -0.3 is 24.8 Å². The number of ether oxygens (including phenoxy) is 1. The fourth-order valence-corrected chi connectivity index (χ4v) is 3.63. The summed E-state index contributed by atoms with van der Waals surface area (Å²) < 4.78 is 5.11. The summed E-state index contributed by atoms with van der Waals surface area (Å²) in [5.41, 5.74) is 3.14. The van der Waals surface area contributed by atoms with Crippen molar-refractivity contribution in [1.82, 2.24) is 25.1 Å². The highest BCUT2D eigenvalue weighted by Gasteiger charge is 2.23. The summed E-state index contributed by atoms with van der Waals surface area (Å²) in [4.78, 5) is 24.4. The quantitative estimate of drug-likeness (QED) is 0.697. The van der Waals surface area contributed by atoms with Crippen LogP contribution in [0.3, 0.4) is 0 Å². The maximum Gasteiger partial charge on any atom is 0.317 e. The highest BCUT2D eigenvalue weighted by Crippen LogP contribution is 2.16. The van der Waals surface area contributed by atoms with Gasteiger partial charge in [0.05, 0.1) is 17.6 Å². The largest absolute Gasteiger partial charge is 0.385 e. The third-order valence-corrected chi connectivity index (χ3v) is 5.15. The van der Waals surface area contributed by atoms with Crippen molar-refractivity contribution in [2.75, 3.05) is 46.9 Å². The Labute approximate surface area is 161 Å². The van der Waals surface area contributed by atoms with Gasteiger partial charge in [-0.05, 0) is 49.9 Å². The van der Waals surface area contributed by atoms with E-state index in [0.29, 0.717) is 12.5 Å². The van der Waals surface area contributed by atoms with Crippen LogP contribution in [0.5, 0.6) is 0 Å². The summed E-state index contributed by atoms with van der Waals surface area (Å²) in [5, 5.41) is 3.07. The van der Waals surface area contributed by atoms with E-state index in [4.69, 9.17) is 4.74 Å². The Morgan fingerprint density at radius 1 is 1.48 bits per heavy atom. The molecule has 2 heterocycles. The van der Waals surface area contributed by atoms with Crippen molar-refractivity contribution in [2.24, 2.45) is 5.92 Å².